The van der Waals surface area contributed by atoms with Crippen LogP contribution in [0.25, 0.3) is 0 Å². The third kappa shape index (κ3) is 3.87. The van der Waals surface area contributed by atoms with Crippen molar-refractivity contribution in [3.63, 3.8) is 0 Å². The summed E-state index contributed by atoms with van der Waals surface area (Å²) in [6, 6.07) is 9.26. The van der Waals surface area contributed by atoms with E-state index in [1.165, 1.54) is 0 Å². The van der Waals surface area contributed by atoms with Gasteiger partial charge in [-0.3, -0.25) is 0 Å². The van der Waals surface area contributed by atoms with Crippen LogP contribution in [0.15, 0.2) is 41.6 Å². The van der Waals surface area contributed by atoms with Crippen LogP contribution >= 0.6 is 0 Å². The highest BCUT2D eigenvalue weighted by atomic mass is 32.2. The third-order valence-electron chi connectivity index (χ3n) is 3.77. The smallest absolute Gasteiger partial charge is 0.200 e. The van der Waals surface area contributed by atoms with Gasteiger partial charge in [-0.05, 0) is 57.0 Å². The molecule has 0 fully saturated rings. The Bertz CT molecular complexity index is 807. The minimum Gasteiger partial charge on any atom is -0.496 e. The lowest BCUT2D eigenvalue weighted by Crippen LogP contribution is -2.28. The van der Waals surface area contributed by atoms with E-state index in [1.54, 1.807) is 46.2 Å². The molecule has 1 aromatic carbocycles. The summed E-state index contributed by atoms with van der Waals surface area (Å²) < 4.78 is 29.1. The maximum absolute atomic E-state index is 12.3. The van der Waals surface area contributed by atoms with Gasteiger partial charge in [-0.1, -0.05) is 12.1 Å². The molecule has 0 aliphatic carbocycles. The summed E-state index contributed by atoms with van der Waals surface area (Å²) in [6.45, 7) is 7.63. The van der Waals surface area contributed by atoms with Crippen molar-refractivity contribution in [1.82, 2.24) is 4.98 Å². The van der Waals surface area contributed by atoms with Crippen LogP contribution in [0.5, 0.6) is 5.75 Å². The molecular formula is C18H24N2O3S. The number of benzene rings is 1. The number of rotatable bonds is 5. The number of nitrogens with zero attached hydrogens (tertiary/aromatic N) is 1. The van der Waals surface area contributed by atoms with Crippen LogP contribution in [0, 0.1) is 6.92 Å². The highest BCUT2D eigenvalue weighted by molar-refractivity contribution is 7.92. The quantitative estimate of drug-likeness (QED) is 0.894. The van der Waals surface area contributed by atoms with Gasteiger partial charge < -0.3 is 10.1 Å². The summed E-state index contributed by atoms with van der Waals surface area (Å²) in [4.78, 5) is 4.10. The first-order valence-corrected chi connectivity index (χ1v) is 9.21. The second-order valence-electron chi connectivity index (χ2n) is 6.66. The predicted octanol–water partition coefficient (Wildman–Crippen LogP) is 3.58. The van der Waals surface area contributed by atoms with Crippen LogP contribution in [0.1, 0.15) is 31.9 Å². The minimum absolute atomic E-state index is 0.0980. The van der Waals surface area contributed by atoms with Gasteiger partial charge in [0, 0.05) is 6.54 Å². The molecule has 130 valence electrons. The Morgan fingerprint density at radius 3 is 2.38 bits per heavy atom. The molecule has 0 bridgehead atoms. The van der Waals surface area contributed by atoms with Gasteiger partial charge in [0.15, 0.2) is 14.9 Å². The van der Waals surface area contributed by atoms with Crippen LogP contribution < -0.4 is 10.1 Å². The Kier molecular flexibility index (Phi) is 5.18. The molecule has 6 heteroatoms. The first kappa shape index (κ1) is 18.3. The lowest BCUT2D eigenvalue weighted by Gasteiger charge is -2.18. The summed E-state index contributed by atoms with van der Waals surface area (Å²) in [6.07, 6.45) is 1.55. The molecule has 0 amide bonds. The summed E-state index contributed by atoms with van der Waals surface area (Å²) in [7, 11) is -1.77. The molecule has 0 saturated carbocycles. The van der Waals surface area contributed by atoms with Crippen molar-refractivity contribution >= 4 is 15.5 Å². The second-order valence-corrected chi connectivity index (χ2v) is 9.31. The minimum atomic E-state index is -3.43. The molecule has 2 rings (SSSR count). The normalized spacial score (nSPS) is 12.0. The van der Waals surface area contributed by atoms with Gasteiger partial charge in [0.2, 0.25) is 0 Å². The van der Waals surface area contributed by atoms with E-state index < -0.39 is 14.6 Å². The van der Waals surface area contributed by atoms with Crippen LogP contribution in [0.2, 0.25) is 0 Å². The van der Waals surface area contributed by atoms with E-state index in [4.69, 9.17) is 4.74 Å². The van der Waals surface area contributed by atoms with Gasteiger partial charge in [-0.2, -0.15) is 0 Å². The van der Waals surface area contributed by atoms with E-state index in [-0.39, 0.29) is 5.03 Å². The highest BCUT2D eigenvalue weighted by Gasteiger charge is 2.31. The summed E-state index contributed by atoms with van der Waals surface area (Å²) in [5.74, 6) is 0.858. The SMILES string of the molecule is COc1ccc(CNc2ccc(S(=O)(=O)C(C)(C)C)nc2)cc1C. The van der Waals surface area contributed by atoms with E-state index in [0.29, 0.717) is 6.54 Å². The molecule has 0 unspecified atom stereocenters. The fourth-order valence-corrected chi connectivity index (χ4v) is 3.28. The van der Waals surface area contributed by atoms with Crippen molar-refractivity contribution in [3.8, 4) is 5.75 Å². The number of pyridine rings is 1. The number of anilines is 1. The number of hydrogen-bond acceptors (Lipinski definition) is 5. The number of aryl methyl sites for hydroxylation is 1. The van der Waals surface area contributed by atoms with E-state index in [1.807, 2.05) is 19.1 Å². The molecule has 1 N–H and O–H groups in total. The Hall–Kier alpha value is -2.08. The van der Waals surface area contributed by atoms with Crippen molar-refractivity contribution in [2.75, 3.05) is 12.4 Å². The molecule has 0 aliphatic rings. The summed E-state index contributed by atoms with van der Waals surface area (Å²) >= 11 is 0. The average molecular weight is 348 g/mol. The average Bonchev–Trinajstić information content (AvgIpc) is 2.52. The lowest BCUT2D eigenvalue weighted by molar-refractivity contribution is 0.411. The summed E-state index contributed by atoms with van der Waals surface area (Å²) in [5.41, 5.74) is 2.96. The van der Waals surface area contributed by atoms with Crippen LogP contribution in [-0.4, -0.2) is 25.3 Å². The number of ether oxygens (including phenoxy) is 1. The zero-order valence-electron chi connectivity index (χ0n) is 14.8. The molecule has 1 heterocycles. The number of hydrogen-bond donors (Lipinski definition) is 1. The van der Waals surface area contributed by atoms with Gasteiger partial charge in [-0.15, -0.1) is 0 Å². The van der Waals surface area contributed by atoms with Gasteiger partial charge in [-0.25, -0.2) is 13.4 Å². The van der Waals surface area contributed by atoms with Crippen LogP contribution in [0.3, 0.4) is 0 Å². The van der Waals surface area contributed by atoms with E-state index >= 15 is 0 Å². The van der Waals surface area contributed by atoms with E-state index in [2.05, 4.69) is 16.4 Å². The van der Waals surface area contributed by atoms with Crippen molar-refractivity contribution in [3.05, 3.63) is 47.7 Å². The van der Waals surface area contributed by atoms with Crippen LogP contribution in [-0.2, 0) is 16.4 Å². The molecule has 0 atom stereocenters. The van der Waals surface area contributed by atoms with Crippen molar-refractivity contribution in [1.29, 1.82) is 0 Å². The Morgan fingerprint density at radius 2 is 1.88 bits per heavy atom. The Morgan fingerprint density at radius 1 is 1.17 bits per heavy atom. The van der Waals surface area contributed by atoms with Crippen molar-refractivity contribution in [2.45, 2.75) is 44.0 Å². The zero-order chi connectivity index (χ0) is 18.0. The fourth-order valence-electron chi connectivity index (χ4n) is 2.21. The Balaban J connectivity index is 2.09. The molecule has 5 nitrogen and oxygen atoms in total. The van der Waals surface area contributed by atoms with Crippen LogP contribution in [0.4, 0.5) is 5.69 Å². The molecule has 1 aromatic heterocycles. The predicted molar refractivity (Wildman–Crippen MR) is 96.2 cm³/mol. The van der Waals surface area contributed by atoms with Gasteiger partial charge in [0.1, 0.15) is 5.75 Å². The first-order chi connectivity index (χ1) is 11.1. The Labute approximate surface area is 144 Å². The molecule has 0 saturated heterocycles. The largest absolute Gasteiger partial charge is 0.496 e. The number of nitrogens with one attached hydrogen (secondary N) is 1. The van der Waals surface area contributed by atoms with Crippen molar-refractivity contribution in [2.24, 2.45) is 0 Å². The van der Waals surface area contributed by atoms with E-state index in [0.717, 1.165) is 22.6 Å². The monoisotopic (exact) mass is 348 g/mol. The molecule has 24 heavy (non-hydrogen) atoms. The highest BCUT2D eigenvalue weighted by Crippen LogP contribution is 2.24. The maximum atomic E-state index is 12.3. The van der Waals surface area contributed by atoms with Gasteiger partial charge >= 0.3 is 0 Å². The fraction of sp³-hybridized carbons (Fsp3) is 0.389. The summed E-state index contributed by atoms with van der Waals surface area (Å²) in [5, 5.41) is 3.34. The molecule has 0 spiro atoms. The molecule has 0 aliphatic heterocycles. The standard InChI is InChI=1S/C18H24N2O3S/c1-13-10-14(6-8-16(13)23-5)11-19-15-7-9-17(20-12-15)24(21,22)18(2,3)4/h6-10,12,19H,11H2,1-5H3. The second kappa shape index (κ2) is 6.81. The van der Waals surface area contributed by atoms with E-state index in [9.17, 15) is 8.42 Å². The number of methoxy groups -OCH3 is 1. The third-order valence-corrected chi connectivity index (χ3v) is 6.18. The molecule has 0 radical (unpaired) electrons. The molecule has 2 aromatic rings. The van der Waals surface area contributed by atoms with Gasteiger partial charge in [0.25, 0.3) is 0 Å². The molecular weight excluding hydrogens is 324 g/mol. The maximum Gasteiger partial charge on any atom is 0.200 e. The first-order valence-electron chi connectivity index (χ1n) is 7.73. The van der Waals surface area contributed by atoms with Crippen molar-refractivity contribution < 1.29 is 13.2 Å². The van der Waals surface area contributed by atoms with Gasteiger partial charge in [0.05, 0.1) is 23.7 Å². The number of sulfone groups is 1. The topological polar surface area (TPSA) is 68.3 Å². The number of aromatic nitrogens is 1. The zero-order valence-corrected chi connectivity index (χ0v) is 15.6. The lowest BCUT2D eigenvalue weighted by atomic mass is 10.1.